The second kappa shape index (κ2) is 4.09. The lowest BCUT2D eigenvalue weighted by atomic mass is 10.5. The third-order valence-corrected chi connectivity index (χ3v) is 0.859. The van der Waals surface area contributed by atoms with Gasteiger partial charge in [0.1, 0.15) is 0 Å². The van der Waals surface area contributed by atoms with E-state index in [1.807, 2.05) is 6.92 Å². The standard InChI is InChI=1S/C5H12O2/c1-4-5(6-2)7-3/h5H,4H2,1-3H3/p+1. The van der Waals surface area contributed by atoms with Crippen molar-refractivity contribution in [3.63, 3.8) is 0 Å². The van der Waals surface area contributed by atoms with Gasteiger partial charge in [-0.1, -0.05) is 6.92 Å². The van der Waals surface area contributed by atoms with E-state index in [4.69, 9.17) is 9.47 Å². The topological polar surface area (TPSA) is 18.5 Å². The molecular weight excluding hydrogens is 92.1 g/mol. The normalized spacial score (nSPS) is 10.3. The first-order valence-corrected chi connectivity index (χ1v) is 2.40. The monoisotopic (exact) mass is 105 g/mol. The van der Waals surface area contributed by atoms with Gasteiger partial charge in [-0.05, 0) is 6.42 Å². The maximum absolute atomic E-state index is 4.83. The third-order valence-electron chi connectivity index (χ3n) is 0.859. The van der Waals surface area contributed by atoms with E-state index in [9.17, 15) is 0 Å². The van der Waals surface area contributed by atoms with Gasteiger partial charge >= 0.3 is 1.43 Å². The number of hydrogen-bond acceptors (Lipinski definition) is 2. The van der Waals surface area contributed by atoms with Crippen LogP contribution in [0.15, 0.2) is 0 Å². The van der Waals surface area contributed by atoms with Gasteiger partial charge in [0, 0.05) is 14.2 Å². The van der Waals surface area contributed by atoms with Crippen LogP contribution < -0.4 is 0 Å². The Morgan fingerprint density at radius 2 is 1.86 bits per heavy atom. The highest BCUT2D eigenvalue weighted by molar-refractivity contribution is 4.31. The van der Waals surface area contributed by atoms with Crippen molar-refractivity contribution in [1.29, 1.82) is 0 Å². The number of ether oxygens (including phenoxy) is 2. The Bertz CT molecular complexity index is 31.9. The smallest absolute Gasteiger partial charge is 0.356 e. The predicted molar refractivity (Wildman–Crippen MR) is 29.2 cm³/mol. The molecule has 0 aromatic carbocycles. The summed E-state index contributed by atoms with van der Waals surface area (Å²) >= 11 is 0. The van der Waals surface area contributed by atoms with Gasteiger partial charge < -0.3 is 9.47 Å². The quantitative estimate of drug-likeness (QED) is 0.501. The summed E-state index contributed by atoms with van der Waals surface area (Å²) in [5.74, 6) is 0. The van der Waals surface area contributed by atoms with Crippen LogP contribution in [0.5, 0.6) is 0 Å². The van der Waals surface area contributed by atoms with Crippen LogP contribution in [-0.2, 0) is 9.47 Å². The minimum Gasteiger partial charge on any atom is -0.356 e. The van der Waals surface area contributed by atoms with Crippen LogP contribution in [0.25, 0.3) is 0 Å². The second-order valence-electron chi connectivity index (χ2n) is 1.31. The van der Waals surface area contributed by atoms with E-state index in [0.29, 0.717) is 0 Å². The maximum Gasteiger partial charge on any atom is 1.00 e. The molecule has 0 spiro atoms. The maximum atomic E-state index is 4.83. The van der Waals surface area contributed by atoms with Crippen LogP contribution in [-0.4, -0.2) is 20.5 Å². The molecule has 2 nitrogen and oxygen atoms in total. The molecule has 0 N–H and O–H groups in total. The first-order valence-electron chi connectivity index (χ1n) is 2.40. The van der Waals surface area contributed by atoms with E-state index >= 15 is 0 Å². The van der Waals surface area contributed by atoms with E-state index < -0.39 is 0 Å². The van der Waals surface area contributed by atoms with E-state index in [1.54, 1.807) is 14.2 Å². The molecular formula is C5H13O2+. The van der Waals surface area contributed by atoms with Crippen molar-refractivity contribution < 1.29 is 10.9 Å². The second-order valence-corrected chi connectivity index (χ2v) is 1.31. The summed E-state index contributed by atoms with van der Waals surface area (Å²) in [6.45, 7) is 2.01. The highest BCUT2D eigenvalue weighted by Gasteiger charge is 1.96. The van der Waals surface area contributed by atoms with Crippen LogP contribution in [0.2, 0.25) is 0 Å². The fourth-order valence-electron chi connectivity index (χ4n) is 0.430. The lowest BCUT2D eigenvalue weighted by Crippen LogP contribution is -2.10. The van der Waals surface area contributed by atoms with Gasteiger partial charge in [-0.2, -0.15) is 0 Å². The summed E-state index contributed by atoms with van der Waals surface area (Å²) < 4.78 is 9.65. The molecule has 0 aromatic heterocycles. The number of methoxy groups -OCH3 is 2. The number of hydrogen-bond donors (Lipinski definition) is 0. The van der Waals surface area contributed by atoms with E-state index in [2.05, 4.69) is 0 Å². The van der Waals surface area contributed by atoms with E-state index in [-0.39, 0.29) is 7.72 Å². The molecule has 0 heterocycles. The fraction of sp³-hybridized carbons (Fsp3) is 1.00. The van der Waals surface area contributed by atoms with Gasteiger partial charge in [0.15, 0.2) is 6.29 Å². The Balaban J connectivity index is 0. The molecule has 0 atom stereocenters. The predicted octanol–water partition coefficient (Wildman–Crippen LogP) is 1.13. The SMILES string of the molecule is CCC(OC)OC.[H+]. The third kappa shape index (κ3) is 2.60. The highest BCUT2D eigenvalue weighted by Crippen LogP contribution is 1.93. The molecule has 0 aliphatic carbocycles. The van der Waals surface area contributed by atoms with Crippen molar-refractivity contribution in [2.75, 3.05) is 14.2 Å². The van der Waals surface area contributed by atoms with Gasteiger partial charge in [-0.15, -0.1) is 0 Å². The zero-order valence-electron chi connectivity index (χ0n) is 6.10. The Morgan fingerprint density at radius 1 is 1.43 bits per heavy atom. The largest absolute Gasteiger partial charge is 1.00 e. The van der Waals surface area contributed by atoms with Crippen molar-refractivity contribution >= 4 is 0 Å². The van der Waals surface area contributed by atoms with E-state index in [1.165, 1.54) is 0 Å². The van der Waals surface area contributed by atoms with Crippen LogP contribution in [0.4, 0.5) is 0 Å². The molecule has 2 heteroatoms. The zero-order valence-corrected chi connectivity index (χ0v) is 5.10. The van der Waals surface area contributed by atoms with Crippen molar-refractivity contribution in [1.82, 2.24) is 0 Å². The average Bonchev–Trinajstić information content (AvgIpc) is 1.72. The van der Waals surface area contributed by atoms with Crippen LogP contribution in [0, 0.1) is 0 Å². The van der Waals surface area contributed by atoms with Crippen LogP contribution in [0.1, 0.15) is 14.8 Å². The molecule has 0 unspecified atom stereocenters. The summed E-state index contributed by atoms with van der Waals surface area (Å²) in [6.07, 6.45) is 0.896. The van der Waals surface area contributed by atoms with Crippen LogP contribution in [0.3, 0.4) is 0 Å². The van der Waals surface area contributed by atoms with Crippen molar-refractivity contribution in [2.24, 2.45) is 0 Å². The fourth-order valence-corrected chi connectivity index (χ4v) is 0.430. The summed E-state index contributed by atoms with van der Waals surface area (Å²) in [5.41, 5.74) is 0. The average molecular weight is 105 g/mol. The van der Waals surface area contributed by atoms with Gasteiger partial charge in [-0.3, -0.25) is 0 Å². The molecule has 0 saturated carbocycles. The lowest BCUT2D eigenvalue weighted by molar-refractivity contribution is -0.103. The van der Waals surface area contributed by atoms with Crippen molar-refractivity contribution in [2.45, 2.75) is 19.6 Å². The Labute approximate surface area is 45.9 Å². The minimum atomic E-state index is -0.0139. The van der Waals surface area contributed by atoms with Crippen molar-refractivity contribution in [3.8, 4) is 0 Å². The van der Waals surface area contributed by atoms with Gasteiger partial charge in [-0.25, -0.2) is 0 Å². The summed E-state index contributed by atoms with van der Waals surface area (Å²) in [5, 5.41) is 0. The minimum absolute atomic E-state index is 0. The van der Waals surface area contributed by atoms with E-state index in [0.717, 1.165) is 6.42 Å². The highest BCUT2D eigenvalue weighted by atomic mass is 16.7. The Kier molecular flexibility index (Phi) is 4.04. The summed E-state index contributed by atoms with van der Waals surface area (Å²) in [7, 11) is 3.27. The molecule has 44 valence electrons. The molecule has 0 aliphatic heterocycles. The van der Waals surface area contributed by atoms with Gasteiger partial charge in [0.2, 0.25) is 0 Å². The summed E-state index contributed by atoms with van der Waals surface area (Å²) in [4.78, 5) is 0. The Hall–Kier alpha value is -0.0800. The zero-order chi connectivity index (χ0) is 5.70. The van der Waals surface area contributed by atoms with Gasteiger partial charge in [0.05, 0.1) is 0 Å². The molecule has 0 radical (unpaired) electrons. The Morgan fingerprint density at radius 3 is 1.86 bits per heavy atom. The lowest BCUT2D eigenvalue weighted by Gasteiger charge is -2.08. The molecule has 0 saturated heterocycles. The first kappa shape index (κ1) is 6.92. The molecule has 0 bridgehead atoms. The summed E-state index contributed by atoms with van der Waals surface area (Å²) in [6, 6.07) is 0. The molecule has 0 rings (SSSR count). The first-order chi connectivity index (χ1) is 3.35. The molecule has 0 fully saturated rings. The number of rotatable bonds is 3. The van der Waals surface area contributed by atoms with Crippen LogP contribution >= 0.6 is 0 Å². The molecule has 0 aliphatic rings. The molecule has 7 heavy (non-hydrogen) atoms. The van der Waals surface area contributed by atoms with Gasteiger partial charge in [0.25, 0.3) is 0 Å². The molecule has 0 aromatic rings. The molecule has 0 amide bonds. The van der Waals surface area contributed by atoms with Crippen molar-refractivity contribution in [3.05, 3.63) is 0 Å².